The quantitative estimate of drug-likeness (QED) is 0.659. The molecule has 1 atom stereocenters. The number of likely N-dealkylation sites (tertiary alicyclic amines) is 1. The van der Waals surface area contributed by atoms with Crippen molar-refractivity contribution in [1.82, 2.24) is 9.80 Å². The first-order chi connectivity index (χ1) is 16.1. The van der Waals surface area contributed by atoms with E-state index in [1.165, 1.54) is 32.1 Å². The lowest BCUT2D eigenvalue weighted by Crippen LogP contribution is -2.44. The van der Waals surface area contributed by atoms with Crippen molar-refractivity contribution in [3.05, 3.63) is 65.7 Å². The minimum absolute atomic E-state index is 0.0278. The predicted molar refractivity (Wildman–Crippen MR) is 133 cm³/mol. The Kier molecular flexibility index (Phi) is 8.16. The number of amides is 2. The molecule has 2 aromatic rings. The molecule has 5 heteroatoms. The van der Waals surface area contributed by atoms with E-state index in [4.69, 9.17) is 0 Å². The van der Waals surface area contributed by atoms with Gasteiger partial charge in [-0.1, -0.05) is 67.8 Å². The number of nitrogens with one attached hydrogen (secondary N) is 1. The zero-order valence-electron chi connectivity index (χ0n) is 19.8. The molecule has 1 N–H and O–H groups in total. The van der Waals surface area contributed by atoms with Gasteiger partial charge < -0.3 is 10.2 Å². The van der Waals surface area contributed by atoms with E-state index >= 15 is 0 Å². The van der Waals surface area contributed by atoms with Crippen LogP contribution in [0.1, 0.15) is 56.1 Å². The Morgan fingerprint density at radius 1 is 0.939 bits per heavy atom. The molecular formula is C28H37N3O2. The summed E-state index contributed by atoms with van der Waals surface area (Å²) in [4.78, 5) is 30.3. The monoisotopic (exact) mass is 447 g/mol. The molecule has 5 nitrogen and oxygen atoms in total. The molecule has 1 unspecified atom stereocenters. The summed E-state index contributed by atoms with van der Waals surface area (Å²) in [5.41, 5.74) is 3.08. The van der Waals surface area contributed by atoms with Gasteiger partial charge in [0.15, 0.2) is 0 Å². The summed E-state index contributed by atoms with van der Waals surface area (Å²) < 4.78 is 0. The summed E-state index contributed by atoms with van der Waals surface area (Å²) >= 11 is 0. The van der Waals surface area contributed by atoms with Gasteiger partial charge >= 0.3 is 0 Å². The van der Waals surface area contributed by atoms with Gasteiger partial charge in [0.1, 0.15) is 0 Å². The number of piperidine rings is 1. The van der Waals surface area contributed by atoms with Gasteiger partial charge in [-0.15, -0.1) is 0 Å². The lowest BCUT2D eigenvalue weighted by molar-refractivity contribution is -0.133. The van der Waals surface area contributed by atoms with Crippen LogP contribution in [0.5, 0.6) is 0 Å². The molecule has 2 fully saturated rings. The average molecular weight is 448 g/mol. The minimum atomic E-state index is -0.164. The fraction of sp³-hybridized carbons (Fsp3) is 0.500. The number of para-hydroxylation sites is 1. The van der Waals surface area contributed by atoms with Gasteiger partial charge in [-0.05, 0) is 49.9 Å². The average Bonchev–Trinajstić information content (AvgIpc) is 2.86. The molecule has 1 saturated carbocycles. The summed E-state index contributed by atoms with van der Waals surface area (Å²) in [6.07, 6.45) is 8.59. The van der Waals surface area contributed by atoms with Crippen molar-refractivity contribution in [2.24, 2.45) is 5.92 Å². The summed E-state index contributed by atoms with van der Waals surface area (Å²) in [5, 5.41) is 3.19. The first-order valence-electron chi connectivity index (χ1n) is 12.5. The van der Waals surface area contributed by atoms with Gasteiger partial charge in [0, 0.05) is 31.4 Å². The largest absolute Gasteiger partial charge is 0.342 e. The third-order valence-corrected chi connectivity index (χ3v) is 7.24. The molecule has 2 aromatic carbocycles. The molecule has 1 aliphatic heterocycles. The van der Waals surface area contributed by atoms with Crippen LogP contribution in [-0.2, 0) is 22.6 Å². The van der Waals surface area contributed by atoms with Gasteiger partial charge in [0.25, 0.3) is 0 Å². The molecule has 0 radical (unpaired) electrons. The Labute approximate surface area is 198 Å². The van der Waals surface area contributed by atoms with E-state index in [0.29, 0.717) is 19.0 Å². The van der Waals surface area contributed by atoms with Gasteiger partial charge in [0.05, 0.1) is 12.3 Å². The molecule has 0 spiro atoms. The van der Waals surface area contributed by atoms with E-state index in [2.05, 4.69) is 23.3 Å². The Morgan fingerprint density at radius 3 is 2.45 bits per heavy atom. The van der Waals surface area contributed by atoms with Crippen LogP contribution in [-0.4, -0.2) is 47.8 Å². The predicted octanol–water partition coefficient (Wildman–Crippen LogP) is 4.87. The highest BCUT2D eigenvalue weighted by Crippen LogP contribution is 2.26. The topological polar surface area (TPSA) is 52.7 Å². The van der Waals surface area contributed by atoms with Crippen molar-refractivity contribution in [2.75, 3.05) is 25.5 Å². The molecule has 1 aliphatic carbocycles. The molecule has 33 heavy (non-hydrogen) atoms. The van der Waals surface area contributed by atoms with Crippen molar-refractivity contribution < 1.29 is 9.59 Å². The second kappa shape index (κ2) is 11.5. The molecule has 0 bridgehead atoms. The highest BCUT2D eigenvalue weighted by Gasteiger charge is 2.29. The van der Waals surface area contributed by atoms with Crippen LogP contribution in [0.25, 0.3) is 0 Å². The van der Waals surface area contributed by atoms with E-state index in [0.717, 1.165) is 42.7 Å². The summed E-state index contributed by atoms with van der Waals surface area (Å²) in [6, 6.07) is 18.6. The second-order valence-electron chi connectivity index (χ2n) is 9.69. The fourth-order valence-electron chi connectivity index (χ4n) is 5.23. The van der Waals surface area contributed by atoms with Crippen molar-refractivity contribution in [3.63, 3.8) is 0 Å². The fourth-order valence-corrected chi connectivity index (χ4v) is 5.23. The SMILES string of the molecule is CN(Cc1ccccc1NC(=O)C1CCCN(C(=O)Cc2ccccc2)C1)C1CCCCC1. The summed E-state index contributed by atoms with van der Waals surface area (Å²) in [7, 11) is 2.20. The zero-order valence-corrected chi connectivity index (χ0v) is 19.8. The van der Waals surface area contributed by atoms with E-state index in [-0.39, 0.29) is 17.7 Å². The number of carbonyl (C=O) groups excluding carboxylic acids is 2. The molecule has 176 valence electrons. The highest BCUT2D eigenvalue weighted by atomic mass is 16.2. The van der Waals surface area contributed by atoms with E-state index in [1.54, 1.807) is 0 Å². The van der Waals surface area contributed by atoms with Crippen LogP contribution in [0.3, 0.4) is 0 Å². The smallest absolute Gasteiger partial charge is 0.229 e. The van der Waals surface area contributed by atoms with Gasteiger partial charge in [0.2, 0.25) is 11.8 Å². The Balaban J connectivity index is 1.35. The van der Waals surface area contributed by atoms with Crippen molar-refractivity contribution in [2.45, 2.75) is 64.0 Å². The van der Waals surface area contributed by atoms with E-state index < -0.39 is 0 Å². The maximum Gasteiger partial charge on any atom is 0.229 e. The third-order valence-electron chi connectivity index (χ3n) is 7.24. The minimum Gasteiger partial charge on any atom is -0.342 e. The number of hydrogen-bond donors (Lipinski definition) is 1. The van der Waals surface area contributed by atoms with Crippen LogP contribution in [0.2, 0.25) is 0 Å². The number of benzene rings is 2. The number of anilines is 1. The first-order valence-corrected chi connectivity index (χ1v) is 12.5. The maximum atomic E-state index is 13.2. The lowest BCUT2D eigenvalue weighted by Gasteiger charge is -2.33. The van der Waals surface area contributed by atoms with Crippen LogP contribution < -0.4 is 5.32 Å². The van der Waals surface area contributed by atoms with Crippen molar-refractivity contribution in [1.29, 1.82) is 0 Å². The number of hydrogen-bond acceptors (Lipinski definition) is 3. The van der Waals surface area contributed by atoms with Crippen LogP contribution >= 0.6 is 0 Å². The molecular weight excluding hydrogens is 410 g/mol. The number of nitrogens with zero attached hydrogens (tertiary/aromatic N) is 2. The Morgan fingerprint density at radius 2 is 1.67 bits per heavy atom. The Bertz CT molecular complexity index is 924. The lowest BCUT2D eigenvalue weighted by atomic mass is 9.94. The van der Waals surface area contributed by atoms with Crippen LogP contribution in [0.15, 0.2) is 54.6 Å². The van der Waals surface area contributed by atoms with Crippen molar-refractivity contribution in [3.8, 4) is 0 Å². The maximum absolute atomic E-state index is 13.2. The van der Waals surface area contributed by atoms with E-state index in [9.17, 15) is 9.59 Å². The first kappa shape index (κ1) is 23.5. The highest BCUT2D eigenvalue weighted by molar-refractivity contribution is 5.94. The van der Waals surface area contributed by atoms with E-state index in [1.807, 2.05) is 53.4 Å². The third kappa shape index (κ3) is 6.44. The molecule has 1 saturated heterocycles. The molecule has 4 rings (SSSR count). The normalized spacial score (nSPS) is 19.5. The number of carbonyl (C=O) groups is 2. The van der Waals surface area contributed by atoms with Gasteiger partial charge in [-0.25, -0.2) is 0 Å². The van der Waals surface area contributed by atoms with Crippen LogP contribution in [0, 0.1) is 5.92 Å². The molecule has 0 aromatic heterocycles. The van der Waals surface area contributed by atoms with Gasteiger partial charge in [-0.2, -0.15) is 0 Å². The van der Waals surface area contributed by atoms with Crippen LogP contribution in [0.4, 0.5) is 5.69 Å². The molecule has 2 amide bonds. The number of rotatable bonds is 7. The Hall–Kier alpha value is -2.66. The summed E-state index contributed by atoms with van der Waals surface area (Å²) in [6.45, 7) is 2.08. The molecule has 2 aliphatic rings. The second-order valence-corrected chi connectivity index (χ2v) is 9.69. The summed E-state index contributed by atoms with van der Waals surface area (Å²) in [5.74, 6) is -0.0317. The van der Waals surface area contributed by atoms with Crippen molar-refractivity contribution >= 4 is 17.5 Å². The standard InChI is InChI=1S/C28H37N3O2/c1-30(25-15-6-3-7-16-25)20-23-13-8-9-17-26(23)29-28(33)24-14-10-18-31(21-24)27(32)19-22-11-4-2-5-12-22/h2,4-5,8-9,11-13,17,24-25H,3,6-7,10,14-16,18-21H2,1H3,(H,29,33). The van der Waals surface area contributed by atoms with Gasteiger partial charge in [-0.3, -0.25) is 14.5 Å². The zero-order chi connectivity index (χ0) is 23.0. The molecule has 1 heterocycles.